The van der Waals surface area contributed by atoms with Crippen LogP contribution in [0.1, 0.15) is 37.0 Å². The molecule has 0 amide bonds. The van der Waals surface area contributed by atoms with E-state index in [9.17, 15) is 31.1 Å². The molecule has 4 N–H and O–H groups in total. The number of hydrogen-bond donors (Lipinski definition) is 3. The SMILES string of the molecule is CC/C=C(/C=C\C=C(/C)N/C(=C(\N)C(=O)O)C(F)(F)F)c1ccccc1OCc1ccc(-c2ccc(C(F)(F)F)cc2)cc1. The maximum Gasteiger partial charge on any atom is 0.433 e. The molecule has 5 nitrogen and oxygen atoms in total. The lowest BCUT2D eigenvalue weighted by Crippen LogP contribution is -2.31. The number of hydrogen-bond acceptors (Lipinski definition) is 4. The number of nitrogens with two attached hydrogens (primary N) is 1. The number of carboxylic acid groups (broad SMARTS) is 1. The summed E-state index contributed by atoms with van der Waals surface area (Å²) in [5, 5.41) is 10.9. The van der Waals surface area contributed by atoms with Crippen LogP contribution in [0.5, 0.6) is 5.75 Å². The number of allylic oxidation sites excluding steroid dienone is 7. The minimum absolute atomic E-state index is 0.0119. The fourth-order valence-corrected chi connectivity index (χ4v) is 4.06. The second-order valence-corrected chi connectivity index (χ2v) is 9.55. The van der Waals surface area contributed by atoms with Crippen LogP contribution in [0.4, 0.5) is 26.3 Å². The van der Waals surface area contributed by atoms with Crippen molar-refractivity contribution in [3.05, 3.63) is 131 Å². The summed E-state index contributed by atoms with van der Waals surface area (Å²) >= 11 is 0. The fraction of sp³-hybridized carbons (Fsp3) is 0.182. The molecule has 0 fully saturated rings. The van der Waals surface area contributed by atoms with E-state index in [4.69, 9.17) is 15.6 Å². The summed E-state index contributed by atoms with van der Waals surface area (Å²) in [6, 6.07) is 19.4. The highest BCUT2D eigenvalue weighted by atomic mass is 19.4. The topological polar surface area (TPSA) is 84.6 Å². The molecule has 3 aromatic carbocycles. The number of para-hydroxylation sites is 1. The Morgan fingerprint density at radius 1 is 0.932 bits per heavy atom. The number of rotatable bonds is 11. The third-order valence-electron chi connectivity index (χ3n) is 6.24. The van der Waals surface area contributed by atoms with E-state index in [2.05, 4.69) is 0 Å². The van der Waals surface area contributed by atoms with Gasteiger partial charge in [-0.2, -0.15) is 26.3 Å². The van der Waals surface area contributed by atoms with E-state index in [0.29, 0.717) is 17.7 Å². The van der Waals surface area contributed by atoms with Crippen LogP contribution in [-0.4, -0.2) is 17.3 Å². The average Bonchev–Trinajstić information content (AvgIpc) is 2.97. The predicted octanol–water partition coefficient (Wildman–Crippen LogP) is 8.61. The molecule has 0 aliphatic carbocycles. The molecule has 0 aliphatic heterocycles. The zero-order valence-corrected chi connectivity index (χ0v) is 23.8. The van der Waals surface area contributed by atoms with E-state index in [1.807, 2.05) is 42.6 Å². The molecule has 0 aromatic heterocycles. The van der Waals surface area contributed by atoms with Crippen LogP contribution in [0.25, 0.3) is 16.7 Å². The van der Waals surface area contributed by atoms with Crippen LogP contribution in [0.15, 0.2) is 114 Å². The van der Waals surface area contributed by atoms with Crippen molar-refractivity contribution < 1.29 is 41.0 Å². The lowest BCUT2D eigenvalue weighted by Gasteiger charge is -2.15. The van der Waals surface area contributed by atoms with Gasteiger partial charge in [0.25, 0.3) is 0 Å². The van der Waals surface area contributed by atoms with Crippen molar-refractivity contribution in [2.45, 2.75) is 39.2 Å². The number of halogens is 6. The molecule has 0 saturated heterocycles. The van der Waals surface area contributed by atoms with Crippen LogP contribution in [0.2, 0.25) is 0 Å². The van der Waals surface area contributed by atoms with Crippen molar-refractivity contribution in [2.75, 3.05) is 0 Å². The molecule has 3 aromatic rings. The minimum atomic E-state index is -4.99. The van der Waals surface area contributed by atoms with Gasteiger partial charge in [0.1, 0.15) is 18.1 Å². The lowest BCUT2D eigenvalue weighted by atomic mass is 10.0. The number of benzene rings is 3. The number of ether oxygens (including phenoxy) is 1. The van der Waals surface area contributed by atoms with E-state index < -0.39 is 35.3 Å². The number of carbonyl (C=O) groups is 1. The summed E-state index contributed by atoms with van der Waals surface area (Å²) in [6.07, 6.45) is -2.27. The molecule has 0 spiro atoms. The van der Waals surface area contributed by atoms with Gasteiger partial charge < -0.3 is 20.9 Å². The summed E-state index contributed by atoms with van der Waals surface area (Å²) in [6.45, 7) is 3.47. The number of aliphatic carboxylic acids is 1. The Kier molecular flexibility index (Phi) is 11.1. The molecule has 0 aliphatic rings. The second kappa shape index (κ2) is 14.5. The third kappa shape index (κ3) is 9.29. The van der Waals surface area contributed by atoms with Gasteiger partial charge in [-0.1, -0.05) is 79.7 Å². The molecule has 0 atom stereocenters. The maximum absolute atomic E-state index is 13.3. The smallest absolute Gasteiger partial charge is 0.433 e. The molecule has 232 valence electrons. The number of carboxylic acids is 1. The zero-order valence-electron chi connectivity index (χ0n) is 23.8. The van der Waals surface area contributed by atoms with Crippen molar-refractivity contribution in [1.29, 1.82) is 0 Å². The van der Waals surface area contributed by atoms with Crippen molar-refractivity contribution >= 4 is 11.5 Å². The van der Waals surface area contributed by atoms with Gasteiger partial charge in [-0.15, -0.1) is 0 Å². The summed E-state index contributed by atoms with van der Waals surface area (Å²) < 4.78 is 84.5. The highest BCUT2D eigenvalue weighted by molar-refractivity contribution is 5.86. The van der Waals surface area contributed by atoms with Gasteiger partial charge in [-0.25, -0.2) is 4.79 Å². The highest BCUT2D eigenvalue weighted by Crippen LogP contribution is 2.32. The summed E-state index contributed by atoms with van der Waals surface area (Å²) in [7, 11) is 0. The highest BCUT2D eigenvalue weighted by Gasteiger charge is 2.38. The van der Waals surface area contributed by atoms with Crippen LogP contribution in [0, 0.1) is 0 Å². The number of alkyl halides is 6. The van der Waals surface area contributed by atoms with Gasteiger partial charge in [0.15, 0.2) is 5.70 Å². The van der Waals surface area contributed by atoms with E-state index in [1.54, 1.807) is 30.3 Å². The Labute approximate surface area is 250 Å². The van der Waals surface area contributed by atoms with Crippen molar-refractivity contribution in [1.82, 2.24) is 5.32 Å². The maximum atomic E-state index is 13.3. The molecule has 44 heavy (non-hydrogen) atoms. The third-order valence-corrected chi connectivity index (χ3v) is 6.24. The van der Waals surface area contributed by atoms with Crippen molar-refractivity contribution in [3.63, 3.8) is 0 Å². The predicted molar refractivity (Wildman–Crippen MR) is 157 cm³/mol. The number of nitrogens with one attached hydrogen (secondary N) is 1. The van der Waals surface area contributed by atoms with Crippen LogP contribution < -0.4 is 15.8 Å². The van der Waals surface area contributed by atoms with Gasteiger partial charge in [0.05, 0.1) is 5.56 Å². The first-order chi connectivity index (χ1) is 20.7. The van der Waals surface area contributed by atoms with Crippen molar-refractivity contribution in [2.24, 2.45) is 5.73 Å². The largest absolute Gasteiger partial charge is 0.488 e. The average molecular weight is 617 g/mol. The Balaban J connectivity index is 1.74. The molecule has 11 heteroatoms. The molecular formula is C33H30F6N2O3. The van der Waals surface area contributed by atoms with Gasteiger partial charge >= 0.3 is 18.3 Å². The van der Waals surface area contributed by atoms with Gasteiger partial charge in [0, 0.05) is 11.3 Å². The first-order valence-electron chi connectivity index (χ1n) is 13.3. The first-order valence-corrected chi connectivity index (χ1v) is 13.3. The van der Waals surface area contributed by atoms with Gasteiger partial charge in [-0.3, -0.25) is 0 Å². The Bertz CT molecular complexity index is 1570. The zero-order chi connectivity index (χ0) is 32.5. The van der Waals surface area contributed by atoms with Crippen molar-refractivity contribution in [3.8, 4) is 16.9 Å². The standard InChI is InChI=1S/C33H30F6N2O3/c1-3-7-25(9-6-8-21(2)41-30(33(37,38)39)29(40)31(42)43)27-10-4-5-11-28(27)44-20-22-12-14-23(15-13-22)24-16-18-26(19-17-24)32(34,35)36/h4-19,41H,3,20,40H2,1-2H3,(H,42,43)/b9-6-,21-8+,25-7-,30-29-. The molecule has 0 heterocycles. The quantitative estimate of drug-likeness (QED) is 0.114. The minimum Gasteiger partial charge on any atom is -0.488 e. The Hall–Kier alpha value is -4.93. The fourth-order valence-electron chi connectivity index (χ4n) is 4.06. The second-order valence-electron chi connectivity index (χ2n) is 9.55. The molecule has 0 bridgehead atoms. The summed E-state index contributed by atoms with van der Waals surface area (Å²) in [4.78, 5) is 11.0. The monoisotopic (exact) mass is 616 g/mol. The van der Waals surface area contributed by atoms with Gasteiger partial charge in [0.2, 0.25) is 0 Å². The van der Waals surface area contributed by atoms with Crippen LogP contribution in [-0.2, 0) is 17.6 Å². The summed E-state index contributed by atoms with van der Waals surface area (Å²) in [5.41, 5.74) is 5.20. The van der Waals surface area contributed by atoms with Crippen LogP contribution in [0.3, 0.4) is 0 Å². The van der Waals surface area contributed by atoms with E-state index in [1.165, 1.54) is 31.2 Å². The lowest BCUT2D eigenvalue weighted by molar-refractivity contribution is -0.137. The van der Waals surface area contributed by atoms with Gasteiger partial charge in [-0.05, 0) is 59.9 Å². The summed E-state index contributed by atoms with van der Waals surface area (Å²) in [5.74, 6) is -1.34. The Morgan fingerprint density at radius 2 is 1.52 bits per heavy atom. The molecule has 0 saturated carbocycles. The van der Waals surface area contributed by atoms with E-state index in [-0.39, 0.29) is 12.3 Å². The molecule has 0 radical (unpaired) electrons. The van der Waals surface area contributed by atoms with Crippen LogP contribution >= 0.6 is 0 Å². The molecular weight excluding hydrogens is 586 g/mol. The molecule has 0 unspecified atom stereocenters. The van der Waals surface area contributed by atoms with E-state index >= 15 is 0 Å². The van der Waals surface area contributed by atoms with E-state index in [0.717, 1.165) is 34.4 Å². The normalized spacial score (nSPS) is 13.5. The first kappa shape index (κ1) is 33.6. The molecule has 3 rings (SSSR count). The Morgan fingerprint density at radius 3 is 2.07 bits per heavy atom.